The van der Waals surface area contributed by atoms with Gasteiger partial charge in [0.15, 0.2) is 0 Å². The molecule has 2 heterocycles. The van der Waals surface area contributed by atoms with E-state index in [2.05, 4.69) is 15.6 Å². The van der Waals surface area contributed by atoms with E-state index in [1.54, 1.807) is 36.4 Å². The average molecular weight is 371 g/mol. The number of pyridine rings is 1. The second-order valence-electron chi connectivity index (χ2n) is 6.72. The minimum Gasteiger partial charge on any atom is -0.365 e. The minimum atomic E-state index is -0.248. The molecule has 1 aliphatic heterocycles. The number of anilines is 2. The Bertz CT molecular complexity index is 836. The maximum absolute atomic E-state index is 12.3. The molecule has 0 spiro atoms. The lowest BCUT2D eigenvalue weighted by molar-refractivity contribution is -0.128. The third-order valence-electron chi connectivity index (χ3n) is 4.61. The van der Waals surface area contributed by atoms with Crippen molar-refractivity contribution in [1.82, 2.24) is 9.88 Å². The Kier molecular flexibility index (Phi) is 4.51. The second kappa shape index (κ2) is 6.96. The summed E-state index contributed by atoms with van der Waals surface area (Å²) in [6.07, 6.45) is 4.26. The van der Waals surface area contributed by atoms with Gasteiger partial charge in [-0.15, -0.1) is 0 Å². The van der Waals surface area contributed by atoms with Crippen LogP contribution >= 0.6 is 11.6 Å². The van der Waals surface area contributed by atoms with Gasteiger partial charge in [-0.25, -0.2) is 4.98 Å². The highest BCUT2D eigenvalue weighted by atomic mass is 35.5. The maximum atomic E-state index is 12.3. The third-order valence-corrected chi connectivity index (χ3v) is 4.84. The molecule has 0 bridgehead atoms. The first kappa shape index (κ1) is 16.8. The third kappa shape index (κ3) is 3.80. The highest BCUT2D eigenvalue weighted by Crippen LogP contribution is 2.31. The van der Waals surface area contributed by atoms with Gasteiger partial charge < -0.3 is 15.5 Å². The topological polar surface area (TPSA) is 74.3 Å². The lowest BCUT2D eigenvalue weighted by Gasteiger charge is -2.16. The summed E-state index contributed by atoms with van der Waals surface area (Å²) in [6.45, 7) is 0.724. The van der Waals surface area contributed by atoms with E-state index in [1.807, 2.05) is 4.90 Å². The molecule has 1 aromatic heterocycles. The average Bonchev–Trinajstić information content (AvgIpc) is 3.39. The van der Waals surface area contributed by atoms with E-state index in [0.717, 1.165) is 19.4 Å². The lowest BCUT2D eigenvalue weighted by atomic mass is 10.2. The highest BCUT2D eigenvalue weighted by molar-refractivity contribution is 6.30. The summed E-state index contributed by atoms with van der Waals surface area (Å²) < 4.78 is 0. The molecule has 2 fully saturated rings. The van der Waals surface area contributed by atoms with Gasteiger partial charge in [0.1, 0.15) is 5.82 Å². The van der Waals surface area contributed by atoms with Crippen molar-refractivity contribution in [1.29, 1.82) is 0 Å². The van der Waals surface area contributed by atoms with Gasteiger partial charge in [-0.05, 0) is 43.2 Å². The lowest BCUT2D eigenvalue weighted by Crippen LogP contribution is -2.29. The number of hydrogen-bond donors (Lipinski definition) is 2. The van der Waals surface area contributed by atoms with Crippen molar-refractivity contribution in [2.45, 2.75) is 31.3 Å². The van der Waals surface area contributed by atoms with Gasteiger partial charge in [0.05, 0.1) is 11.6 Å². The zero-order chi connectivity index (χ0) is 18.1. The van der Waals surface area contributed by atoms with Crippen LogP contribution in [0.1, 0.15) is 29.6 Å². The van der Waals surface area contributed by atoms with Crippen molar-refractivity contribution >= 4 is 34.9 Å². The van der Waals surface area contributed by atoms with E-state index in [1.165, 1.54) is 6.20 Å². The van der Waals surface area contributed by atoms with Crippen LogP contribution in [0.15, 0.2) is 42.6 Å². The van der Waals surface area contributed by atoms with Crippen LogP contribution in [-0.2, 0) is 4.79 Å². The zero-order valence-electron chi connectivity index (χ0n) is 14.1. The van der Waals surface area contributed by atoms with Gasteiger partial charge in [0, 0.05) is 35.9 Å². The predicted octanol–water partition coefficient (Wildman–Crippen LogP) is 3.16. The molecule has 134 valence electrons. The second-order valence-corrected chi connectivity index (χ2v) is 7.16. The van der Waals surface area contributed by atoms with Crippen LogP contribution in [0.25, 0.3) is 0 Å². The summed E-state index contributed by atoms with van der Waals surface area (Å²) >= 11 is 5.92. The highest BCUT2D eigenvalue weighted by Gasteiger charge is 2.39. The van der Waals surface area contributed by atoms with E-state index in [-0.39, 0.29) is 17.9 Å². The van der Waals surface area contributed by atoms with Crippen molar-refractivity contribution in [3.8, 4) is 0 Å². The van der Waals surface area contributed by atoms with Crippen LogP contribution < -0.4 is 10.6 Å². The van der Waals surface area contributed by atoms with Crippen LogP contribution in [0, 0.1) is 0 Å². The first-order valence-corrected chi connectivity index (χ1v) is 9.05. The smallest absolute Gasteiger partial charge is 0.257 e. The van der Waals surface area contributed by atoms with Crippen molar-refractivity contribution in [3.05, 3.63) is 53.2 Å². The fourth-order valence-corrected chi connectivity index (χ4v) is 3.35. The number of carbonyl (C=O) groups is 2. The monoisotopic (exact) mass is 370 g/mol. The molecule has 1 saturated carbocycles. The van der Waals surface area contributed by atoms with Gasteiger partial charge in [-0.2, -0.15) is 0 Å². The van der Waals surface area contributed by atoms with Crippen LogP contribution in [0.4, 0.5) is 11.5 Å². The van der Waals surface area contributed by atoms with Gasteiger partial charge in [-0.3, -0.25) is 9.59 Å². The molecule has 1 aliphatic carbocycles. The Labute approximate surface area is 156 Å². The minimum absolute atomic E-state index is 0.0711. The van der Waals surface area contributed by atoms with Gasteiger partial charge in [-0.1, -0.05) is 17.7 Å². The Hall–Kier alpha value is -2.60. The van der Waals surface area contributed by atoms with Crippen molar-refractivity contribution in [2.75, 3.05) is 17.2 Å². The Morgan fingerprint density at radius 3 is 2.77 bits per heavy atom. The Morgan fingerprint density at radius 2 is 2.08 bits per heavy atom. The summed E-state index contributed by atoms with van der Waals surface area (Å²) in [5.74, 6) is 0.629. The van der Waals surface area contributed by atoms with Crippen molar-refractivity contribution in [3.63, 3.8) is 0 Å². The molecule has 0 radical (unpaired) electrons. The fourth-order valence-electron chi connectivity index (χ4n) is 3.16. The number of halogens is 1. The molecule has 1 unspecified atom stereocenters. The number of rotatable bonds is 5. The standard InChI is InChI=1S/C19H19ClN4O2/c20-13-2-1-3-14(8-13)23-19(26)12-4-7-17(21-10-12)22-15-9-18(25)24(11-15)16-5-6-16/h1-4,7-8,10,15-16H,5-6,9,11H2,(H,21,22)(H,23,26). The van der Waals surface area contributed by atoms with Crippen LogP contribution in [0.3, 0.4) is 0 Å². The molecule has 1 saturated heterocycles. The molecular formula is C19H19ClN4O2. The predicted molar refractivity (Wildman–Crippen MR) is 100 cm³/mol. The van der Waals surface area contributed by atoms with E-state index in [9.17, 15) is 9.59 Å². The normalized spacial score (nSPS) is 19.5. The number of benzene rings is 1. The first-order chi connectivity index (χ1) is 12.6. The van der Waals surface area contributed by atoms with Gasteiger partial charge in [0.2, 0.25) is 5.91 Å². The van der Waals surface area contributed by atoms with Gasteiger partial charge in [0.25, 0.3) is 5.91 Å². The summed E-state index contributed by atoms with van der Waals surface area (Å²) in [6, 6.07) is 11.0. The molecule has 1 aromatic carbocycles. The molecule has 2 aliphatic rings. The van der Waals surface area contributed by atoms with Crippen molar-refractivity contribution in [2.24, 2.45) is 0 Å². The fraction of sp³-hybridized carbons (Fsp3) is 0.316. The zero-order valence-corrected chi connectivity index (χ0v) is 14.9. The maximum Gasteiger partial charge on any atom is 0.257 e. The number of likely N-dealkylation sites (tertiary alicyclic amines) is 1. The summed E-state index contributed by atoms with van der Waals surface area (Å²) in [4.78, 5) is 30.6. The van der Waals surface area contributed by atoms with E-state index in [4.69, 9.17) is 11.6 Å². The number of nitrogens with zero attached hydrogens (tertiary/aromatic N) is 2. The van der Waals surface area contributed by atoms with Crippen LogP contribution in [0.5, 0.6) is 0 Å². The quantitative estimate of drug-likeness (QED) is 0.847. The number of amides is 2. The molecule has 2 N–H and O–H groups in total. The summed E-state index contributed by atoms with van der Waals surface area (Å²) in [5, 5.41) is 6.63. The summed E-state index contributed by atoms with van der Waals surface area (Å²) in [7, 11) is 0. The molecule has 2 aromatic rings. The van der Waals surface area contributed by atoms with E-state index in [0.29, 0.717) is 34.6 Å². The SMILES string of the molecule is O=C(Nc1cccc(Cl)c1)c1ccc(NC2CC(=O)N(C3CC3)C2)nc1. The van der Waals surface area contributed by atoms with Gasteiger partial charge >= 0.3 is 0 Å². The number of nitrogens with one attached hydrogen (secondary N) is 2. The molecule has 4 rings (SSSR count). The van der Waals surface area contributed by atoms with Crippen LogP contribution in [0.2, 0.25) is 5.02 Å². The summed E-state index contributed by atoms with van der Waals surface area (Å²) in [5.41, 5.74) is 1.09. The Balaban J connectivity index is 1.36. The molecule has 2 amide bonds. The van der Waals surface area contributed by atoms with E-state index >= 15 is 0 Å². The number of carbonyl (C=O) groups excluding carboxylic acids is 2. The molecule has 26 heavy (non-hydrogen) atoms. The largest absolute Gasteiger partial charge is 0.365 e. The number of hydrogen-bond acceptors (Lipinski definition) is 4. The van der Waals surface area contributed by atoms with Crippen molar-refractivity contribution < 1.29 is 9.59 Å². The number of aromatic nitrogens is 1. The Morgan fingerprint density at radius 1 is 1.23 bits per heavy atom. The molecule has 6 nitrogen and oxygen atoms in total. The molecular weight excluding hydrogens is 352 g/mol. The molecule has 7 heteroatoms. The first-order valence-electron chi connectivity index (χ1n) is 8.67. The van der Waals surface area contributed by atoms with Crippen LogP contribution in [-0.4, -0.2) is 40.3 Å². The van der Waals surface area contributed by atoms with E-state index < -0.39 is 0 Å². The molecule has 1 atom stereocenters.